The molecule has 2 amide bonds. The van der Waals surface area contributed by atoms with Gasteiger partial charge in [0.05, 0.1) is 25.8 Å². The van der Waals surface area contributed by atoms with E-state index in [9.17, 15) is 9.59 Å². The Hall–Kier alpha value is -3.02. The number of hydrogen-bond donors (Lipinski definition) is 1. The molecule has 2 aromatic carbocycles. The first-order valence-corrected chi connectivity index (χ1v) is 9.90. The third-order valence-electron chi connectivity index (χ3n) is 5.53. The first-order chi connectivity index (χ1) is 14.0. The Morgan fingerprint density at radius 1 is 1.17 bits per heavy atom. The number of benzene rings is 2. The topological polar surface area (TPSA) is 67.9 Å². The fourth-order valence-corrected chi connectivity index (χ4v) is 3.50. The van der Waals surface area contributed by atoms with Gasteiger partial charge in [0.1, 0.15) is 11.5 Å². The molecular weight excluding hydrogens is 368 g/mol. The van der Waals surface area contributed by atoms with Crippen molar-refractivity contribution in [3.8, 4) is 11.5 Å². The molecule has 0 aliphatic carbocycles. The monoisotopic (exact) mass is 396 g/mol. The largest absolute Gasteiger partial charge is 0.497 e. The summed E-state index contributed by atoms with van der Waals surface area (Å²) in [5.41, 5.74) is 2.64. The van der Waals surface area contributed by atoms with E-state index >= 15 is 0 Å². The summed E-state index contributed by atoms with van der Waals surface area (Å²) in [6.45, 7) is 4.65. The first-order valence-electron chi connectivity index (χ1n) is 9.90. The molecule has 0 radical (unpaired) electrons. The molecule has 6 heteroatoms. The quantitative estimate of drug-likeness (QED) is 0.761. The molecule has 1 N–H and O–H groups in total. The van der Waals surface area contributed by atoms with Crippen LogP contribution < -0.4 is 19.7 Å². The summed E-state index contributed by atoms with van der Waals surface area (Å²) >= 11 is 0. The third-order valence-corrected chi connectivity index (χ3v) is 5.53. The average Bonchev–Trinajstić information content (AvgIpc) is 3.14. The maximum Gasteiger partial charge on any atom is 0.229 e. The highest BCUT2D eigenvalue weighted by Gasteiger charge is 2.36. The smallest absolute Gasteiger partial charge is 0.229 e. The average molecular weight is 396 g/mol. The Morgan fingerprint density at radius 3 is 2.52 bits per heavy atom. The minimum atomic E-state index is -0.413. The predicted octanol–water partition coefficient (Wildman–Crippen LogP) is 4.21. The molecule has 3 rings (SSSR count). The van der Waals surface area contributed by atoms with E-state index in [1.165, 1.54) is 5.56 Å². The van der Waals surface area contributed by atoms with Crippen molar-refractivity contribution in [3.63, 3.8) is 0 Å². The van der Waals surface area contributed by atoms with E-state index in [2.05, 4.69) is 19.2 Å². The van der Waals surface area contributed by atoms with Crippen molar-refractivity contribution >= 4 is 23.2 Å². The Morgan fingerprint density at radius 2 is 1.90 bits per heavy atom. The Kier molecular flexibility index (Phi) is 6.42. The zero-order valence-electron chi connectivity index (χ0n) is 17.4. The van der Waals surface area contributed by atoms with E-state index < -0.39 is 5.92 Å². The highest BCUT2D eigenvalue weighted by molar-refractivity contribution is 6.04. The van der Waals surface area contributed by atoms with E-state index in [-0.39, 0.29) is 18.2 Å². The molecular formula is C23H28N2O4. The lowest BCUT2D eigenvalue weighted by Gasteiger charge is -2.20. The van der Waals surface area contributed by atoms with Crippen LogP contribution in [0, 0.1) is 5.92 Å². The molecule has 2 atom stereocenters. The molecule has 2 aromatic rings. The van der Waals surface area contributed by atoms with Gasteiger partial charge in [0.25, 0.3) is 0 Å². The van der Waals surface area contributed by atoms with Crippen molar-refractivity contribution in [2.24, 2.45) is 5.92 Å². The molecule has 0 unspecified atom stereocenters. The lowest BCUT2D eigenvalue weighted by molar-refractivity contribution is -0.122. The molecule has 1 aliphatic heterocycles. The molecule has 6 nitrogen and oxygen atoms in total. The minimum absolute atomic E-state index is 0.0965. The van der Waals surface area contributed by atoms with Crippen LogP contribution in [0.2, 0.25) is 0 Å². The van der Waals surface area contributed by atoms with Crippen LogP contribution in [-0.4, -0.2) is 32.6 Å². The van der Waals surface area contributed by atoms with E-state index in [4.69, 9.17) is 9.47 Å². The van der Waals surface area contributed by atoms with Gasteiger partial charge in [-0.2, -0.15) is 0 Å². The highest BCUT2D eigenvalue weighted by atomic mass is 16.5. The summed E-state index contributed by atoms with van der Waals surface area (Å²) in [6, 6.07) is 13.2. The van der Waals surface area contributed by atoms with E-state index in [1.807, 2.05) is 24.3 Å². The molecule has 154 valence electrons. The van der Waals surface area contributed by atoms with Crippen LogP contribution >= 0.6 is 0 Å². The van der Waals surface area contributed by atoms with Crippen LogP contribution in [0.25, 0.3) is 0 Å². The number of carbonyl (C=O) groups excluding carboxylic acids is 2. The molecule has 1 saturated heterocycles. The van der Waals surface area contributed by atoms with Gasteiger partial charge in [-0.05, 0) is 42.2 Å². The molecule has 0 bridgehead atoms. The van der Waals surface area contributed by atoms with Gasteiger partial charge in [0.15, 0.2) is 0 Å². The first kappa shape index (κ1) is 20.7. The maximum absolute atomic E-state index is 12.7. The van der Waals surface area contributed by atoms with Gasteiger partial charge >= 0.3 is 0 Å². The van der Waals surface area contributed by atoms with Gasteiger partial charge in [0.2, 0.25) is 11.8 Å². The number of rotatable bonds is 7. The number of ether oxygens (including phenoxy) is 2. The zero-order chi connectivity index (χ0) is 21.0. The van der Waals surface area contributed by atoms with E-state index in [0.29, 0.717) is 29.6 Å². The standard InChI is InChI=1S/C23H28N2O4/c1-5-15(2)16-6-8-18(9-7-16)24-23(27)17-12-22(26)25(14-17)20-11-10-19(28-3)13-21(20)29-4/h6-11,13,15,17H,5,12,14H2,1-4H3,(H,24,27)/t15-,17-/m1/s1. The number of methoxy groups -OCH3 is 2. The lowest BCUT2D eigenvalue weighted by Crippen LogP contribution is -2.28. The second kappa shape index (κ2) is 8.99. The molecule has 0 spiro atoms. The van der Waals surface area contributed by atoms with Crippen molar-refractivity contribution in [1.29, 1.82) is 0 Å². The zero-order valence-corrected chi connectivity index (χ0v) is 17.4. The van der Waals surface area contributed by atoms with E-state index in [0.717, 1.165) is 12.1 Å². The summed E-state index contributed by atoms with van der Waals surface area (Å²) in [4.78, 5) is 26.9. The van der Waals surface area contributed by atoms with Crippen molar-refractivity contribution in [2.75, 3.05) is 31.0 Å². The SMILES string of the molecule is CC[C@@H](C)c1ccc(NC(=O)[C@@H]2CC(=O)N(c3ccc(OC)cc3OC)C2)cc1. The molecule has 0 aromatic heterocycles. The van der Waals surface area contributed by atoms with Crippen molar-refractivity contribution in [1.82, 2.24) is 0 Å². The molecule has 1 fully saturated rings. The maximum atomic E-state index is 12.7. The van der Waals surface area contributed by atoms with Crippen LogP contribution in [0.15, 0.2) is 42.5 Å². The molecule has 0 saturated carbocycles. The fraction of sp³-hybridized carbons (Fsp3) is 0.391. The minimum Gasteiger partial charge on any atom is -0.497 e. The number of hydrogen-bond acceptors (Lipinski definition) is 4. The van der Waals surface area contributed by atoms with Gasteiger partial charge < -0.3 is 19.7 Å². The van der Waals surface area contributed by atoms with Crippen molar-refractivity contribution < 1.29 is 19.1 Å². The van der Waals surface area contributed by atoms with Gasteiger partial charge in [0, 0.05) is 24.7 Å². The number of amides is 2. The summed E-state index contributed by atoms with van der Waals surface area (Å²) in [6.07, 6.45) is 1.24. The molecule has 29 heavy (non-hydrogen) atoms. The Bertz CT molecular complexity index is 879. The van der Waals surface area contributed by atoms with Crippen LogP contribution in [0.1, 0.15) is 38.2 Å². The van der Waals surface area contributed by atoms with Crippen LogP contribution in [0.3, 0.4) is 0 Å². The Labute approximate surface area is 171 Å². The number of anilines is 2. The summed E-state index contributed by atoms with van der Waals surface area (Å²) in [5, 5.41) is 2.94. The second-order valence-corrected chi connectivity index (χ2v) is 7.36. The highest BCUT2D eigenvalue weighted by Crippen LogP contribution is 2.36. The van der Waals surface area contributed by atoms with Crippen LogP contribution in [0.5, 0.6) is 11.5 Å². The fourth-order valence-electron chi connectivity index (χ4n) is 3.50. The van der Waals surface area contributed by atoms with Crippen molar-refractivity contribution in [3.05, 3.63) is 48.0 Å². The molecule has 1 heterocycles. The van der Waals surface area contributed by atoms with Crippen LogP contribution in [-0.2, 0) is 9.59 Å². The summed E-state index contributed by atoms with van der Waals surface area (Å²) < 4.78 is 10.6. The van der Waals surface area contributed by atoms with Crippen molar-refractivity contribution in [2.45, 2.75) is 32.6 Å². The van der Waals surface area contributed by atoms with Gasteiger partial charge in [-0.25, -0.2) is 0 Å². The third kappa shape index (κ3) is 4.53. The lowest BCUT2D eigenvalue weighted by atomic mass is 9.98. The summed E-state index contributed by atoms with van der Waals surface area (Å²) in [5.74, 6) is 1.01. The number of nitrogens with zero attached hydrogens (tertiary/aromatic N) is 1. The Balaban J connectivity index is 1.69. The number of nitrogens with one attached hydrogen (secondary N) is 1. The number of carbonyl (C=O) groups is 2. The van der Waals surface area contributed by atoms with Gasteiger partial charge in [-0.15, -0.1) is 0 Å². The predicted molar refractivity (Wildman–Crippen MR) is 114 cm³/mol. The van der Waals surface area contributed by atoms with Gasteiger partial charge in [-0.3, -0.25) is 9.59 Å². The molecule has 1 aliphatic rings. The van der Waals surface area contributed by atoms with E-state index in [1.54, 1.807) is 37.3 Å². The second-order valence-electron chi connectivity index (χ2n) is 7.36. The van der Waals surface area contributed by atoms with Gasteiger partial charge in [-0.1, -0.05) is 26.0 Å². The normalized spacial score (nSPS) is 17.2. The van der Waals surface area contributed by atoms with Crippen LogP contribution in [0.4, 0.5) is 11.4 Å². The summed E-state index contributed by atoms with van der Waals surface area (Å²) in [7, 11) is 3.12.